The van der Waals surface area contributed by atoms with Crippen molar-refractivity contribution in [2.45, 2.75) is 0 Å². The molecule has 0 aliphatic carbocycles. The van der Waals surface area contributed by atoms with Crippen LogP contribution in [-0.4, -0.2) is 29.0 Å². The van der Waals surface area contributed by atoms with Crippen molar-refractivity contribution >= 4 is 17.6 Å². The Morgan fingerprint density at radius 3 is 2.65 bits per heavy atom. The summed E-state index contributed by atoms with van der Waals surface area (Å²) in [5.41, 5.74) is 2.30. The number of hydrogen-bond donors (Lipinski definition) is 2. The molecule has 1 amide bonds. The zero-order chi connectivity index (χ0) is 14.5. The molecule has 0 radical (unpaired) electrons. The molecule has 0 aliphatic rings. The fourth-order valence-corrected chi connectivity index (χ4v) is 1.74. The van der Waals surface area contributed by atoms with Crippen molar-refractivity contribution in [1.82, 2.24) is 10.3 Å². The predicted molar refractivity (Wildman–Crippen MR) is 74.8 cm³/mol. The summed E-state index contributed by atoms with van der Waals surface area (Å²) in [6.07, 6.45) is 1.52. The molecule has 5 heteroatoms. The van der Waals surface area contributed by atoms with Gasteiger partial charge in [0.1, 0.15) is 5.69 Å². The first-order chi connectivity index (χ1) is 9.65. The molecular formula is C15H12N2O3. The van der Waals surface area contributed by atoms with Gasteiger partial charge in [-0.1, -0.05) is 18.2 Å². The van der Waals surface area contributed by atoms with E-state index in [9.17, 15) is 14.7 Å². The number of nitrogens with one attached hydrogen (secondary N) is 1. The smallest absolute Gasteiger partial charge is 0.251 e. The van der Waals surface area contributed by atoms with Crippen LogP contribution in [0.25, 0.3) is 16.9 Å². The fourth-order valence-electron chi connectivity index (χ4n) is 1.74. The van der Waals surface area contributed by atoms with Crippen molar-refractivity contribution in [2.24, 2.45) is 0 Å². The van der Waals surface area contributed by atoms with E-state index in [0.29, 0.717) is 5.56 Å². The van der Waals surface area contributed by atoms with E-state index >= 15 is 0 Å². The minimum atomic E-state index is -0.532. The van der Waals surface area contributed by atoms with Gasteiger partial charge in [0, 0.05) is 24.4 Å². The second kappa shape index (κ2) is 5.82. The van der Waals surface area contributed by atoms with Crippen molar-refractivity contribution in [1.29, 1.82) is 0 Å². The summed E-state index contributed by atoms with van der Waals surface area (Å²) >= 11 is 0. The van der Waals surface area contributed by atoms with Gasteiger partial charge in [-0.05, 0) is 23.8 Å². The van der Waals surface area contributed by atoms with Crippen molar-refractivity contribution in [2.75, 3.05) is 7.05 Å². The highest BCUT2D eigenvalue weighted by molar-refractivity contribution is 5.95. The van der Waals surface area contributed by atoms with Crippen LogP contribution >= 0.6 is 0 Å². The highest BCUT2D eigenvalue weighted by Crippen LogP contribution is 2.20. The van der Waals surface area contributed by atoms with Gasteiger partial charge in [-0.3, -0.25) is 9.78 Å². The summed E-state index contributed by atoms with van der Waals surface area (Å²) < 4.78 is 0. The first-order valence-electron chi connectivity index (χ1n) is 5.88. The van der Waals surface area contributed by atoms with E-state index in [2.05, 4.69) is 10.3 Å². The van der Waals surface area contributed by atoms with E-state index in [1.807, 2.05) is 6.07 Å². The van der Waals surface area contributed by atoms with E-state index in [-0.39, 0.29) is 11.6 Å². The number of nitrogens with zero attached hydrogens (tertiary/aromatic N) is 1. The number of amides is 1. The van der Waals surface area contributed by atoms with Crippen molar-refractivity contribution in [3.8, 4) is 11.1 Å². The molecular weight excluding hydrogens is 256 g/mol. The molecule has 0 spiro atoms. The third-order valence-corrected chi connectivity index (χ3v) is 2.79. The van der Waals surface area contributed by atoms with Gasteiger partial charge in [0.15, 0.2) is 5.94 Å². The maximum absolute atomic E-state index is 11.6. The summed E-state index contributed by atoms with van der Waals surface area (Å²) in [6.45, 7) is 0. The Hall–Kier alpha value is -2.91. The number of pyridine rings is 1. The van der Waals surface area contributed by atoms with Gasteiger partial charge in [0.05, 0.1) is 0 Å². The normalized spacial score (nSPS) is 9.65. The lowest BCUT2D eigenvalue weighted by molar-refractivity contribution is 0.0963. The van der Waals surface area contributed by atoms with Crippen LogP contribution in [0.4, 0.5) is 0 Å². The van der Waals surface area contributed by atoms with Crippen LogP contribution in [-0.2, 0) is 4.79 Å². The molecule has 5 nitrogen and oxygen atoms in total. The van der Waals surface area contributed by atoms with Gasteiger partial charge in [-0.25, -0.2) is 4.79 Å². The average molecular weight is 268 g/mol. The van der Waals surface area contributed by atoms with Crippen LogP contribution in [0.2, 0.25) is 0 Å². The van der Waals surface area contributed by atoms with Gasteiger partial charge >= 0.3 is 0 Å². The molecule has 0 fully saturated rings. The van der Waals surface area contributed by atoms with Gasteiger partial charge in [-0.2, -0.15) is 0 Å². The zero-order valence-corrected chi connectivity index (χ0v) is 10.8. The lowest BCUT2D eigenvalue weighted by Crippen LogP contribution is -2.17. The van der Waals surface area contributed by atoms with Crippen LogP contribution in [0.3, 0.4) is 0 Å². The Balaban J connectivity index is 2.37. The molecule has 1 aromatic heterocycles. The molecule has 1 heterocycles. The summed E-state index contributed by atoms with van der Waals surface area (Å²) in [6, 6.07) is 10.3. The Kier molecular flexibility index (Phi) is 3.93. The van der Waals surface area contributed by atoms with Crippen LogP contribution in [0.5, 0.6) is 0 Å². The first-order valence-corrected chi connectivity index (χ1v) is 5.88. The summed E-state index contributed by atoms with van der Waals surface area (Å²) in [5.74, 6) is 0.679. The van der Waals surface area contributed by atoms with E-state index in [1.165, 1.54) is 18.2 Å². The molecule has 0 bridgehead atoms. The lowest BCUT2D eigenvalue weighted by atomic mass is 10.0. The highest BCUT2D eigenvalue weighted by Gasteiger charge is 2.06. The maximum Gasteiger partial charge on any atom is 0.251 e. The van der Waals surface area contributed by atoms with Crippen molar-refractivity contribution in [3.05, 3.63) is 53.9 Å². The monoisotopic (exact) mass is 268 g/mol. The number of carbonyl (C=O) groups excluding carboxylic acids is 2. The Morgan fingerprint density at radius 2 is 2.05 bits per heavy atom. The van der Waals surface area contributed by atoms with Crippen molar-refractivity contribution < 1.29 is 14.7 Å². The van der Waals surface area contributed by atoms with Crippen LogP contribution < -0.4 is 5.32 Å². The minimum absolute atomic E-state index is 0.159. The maximum atomic E-state index is 11.6. The van der Waals surface area contributed by atoms with Gasteiger partial charge in [0.2, 0.25) is 5.76 Å². The first kappa shape index (κ1) is 13.5. The predicted octanol–water partition coefficient (Wildman–Crippen LogP) is 1.84. The lowest BCUT2D eigenvalue weighted by Gasteiger charge is -2.05. The van der Waals surface area contributed by atoms with E-state index in [1.54, 1.807) is 31.3 Å². The zero-order valence-electron chi connectivity index (χ0n) is 10.8. The van der Waals surface area contributed by atoms with E-state index < -0.39 is 5.76 Å². The number of aromatic nitrogens is 1. The van der Waals surface area contributed by atoms with Gasteiger partial charge in [0.25, 0.3) is 5.91 Å². The Morgan fingerprint density at radius 1 is 1.25 bits per heavy atom. The number of aliphatic hydroxyl groups excluding tert-OH is 1. The van der Waals surface area contributed by atoms with Crippen LogP contribution in [0.1, 0.15) is 16.1 Å². The quantitative estimate of drug-likeness (QED) is 0.657. The molecule has 0 atom stereocenters. The topological polar surface area (TPSA) is 79.3 Å². The molecule has 2 N–H and O–H groups in total. The highest BCUT2D eigenvalue weighted by atomic mass is 16.3. The van der Waals surface area contributed by atoms with Crippen molar-refractivity contribution in [3.63, 3.8) is 0 Å². The molecule has 100 valence electrons. The fraction of sp³-hybridized carbons (Fsp3) is 0.0667. The van der Waals surface area contributed by atoms with Crippen LogP contribution in [0.15, 0.2) is 42.6 Å². The van der Waals surface area contributed by atoms with Gasteiger partial charge in [-0.15, -0.1) is 0 Å². The molecule has 20 heavy (non-hydrogen) atoms. The summed E-state index contributed by atoms with van der Waals surface area (Å²) in [7, 11) is 1.57. The largest absolute Gasteiger partial charge is 0.497 e. The summed E-state index contributed by atoms with van der Waals surface area (Å²) in [4.78, 5) is 25.9. The standard InChI is InChI=1S/C15H12N2O3/c1-16-15(20)11-4-2-3-10(7-11)12-5-6-13(17-8-12)14(19)9-18/h2-8,19H,1H3,(H,16,20). The summed E-state index contributed by atoms with van der Waals surface area (Å²) in [5, 5.41) is 11.8. The SMILES string of the molecule is CNC(=O)c1cccc(-c2ccc(C(O)=C=O)nc2)c1. The molecule has 1 aromatic carbocycles. The molecule has 2 aromatic rings. The molecule has 0 saturated carbocycles. The number of carbonyl (C=O) groups is 1. The second-order valence-electron chi connectivity index (χ2n) is 4.04. The Bertz CT molecular complexity index is 687. The number of benzene rings is 1. The molecule has 2 rings (SSSR count). The number of aliphatic hydroxyl groups is 1. The molecule has 0 saturated heterocycles. The number of hydrogen-bond acceptors (Lipinski definition) is 4. The van der Waals surface area contributed by atoms with Gasteiger partial charge < -0.3 is 10.4 Å². The second-order valence-corrected chi connectivity index (χ2v) is 4.04. The minimum Gasteiger partial charge on any atom is -0.497 e. The third kappa shape index (κ3) is 2.74. The third-order valence-electron chi connectivity index (χ3n) is 2.79. The Labute approximate surface area is 115 Å². The molecule has 0 aliphatic heterocycles. The average Bonchev–Trinajstić information content (AvgIpc) is 2.53. The van der Waals surface area contributed by atoms with Crippen LogP contribution in [0, 0.1) is 0 Å². The van der Waals surface area contributed by atoms with E-state index in [0.717, 1.165) is 11.1 Å². The number of rotatable bonds is 3. The van der Waals surface area contributed by atoms with E-state index in [4.69, 9.17) is 0 Å². The molecule has 0 unspecified atom stereocenters.